The Morgan fingerprint density at radius 3 is 2.45 bits per heavy atom. The third-order valence-corrected chi connectivity index (χ3v) is 5.19. The fourth-order valence-electron chi connectivity index (χ4n) is 1.56. The number of halogens is 2. The smallest absolute Gasteiger partial charge is 0.321 e. The van der Waals surface area contributed by atoms with Crippen LogP contribution in [0.25, 0.3) is 0 Å². The molecule has 0 aliphatic rings. The number of nitrogens with zero attached hydrogens (tertiary/aromatic N) is 1. The van der Waals surface area contributed by atoms with Crippen LogP contribution in [-0.2, 0) is 19.6 Å². The summed E-state index contributed by atoms with van der Waals surface area (Å²) in [5, 5.41) is 0.126. The molecule has 0 heterocycles. The van der Waals surface area contributed by atoms with Crippen LogP contribution in [0.5, 0.6) is 0 Å². The molecule has 9 heteroatoms. The summed E-state index contributed by atoms with van der Waals surface area (Å²) in [5.74, 6) is -0.681. The van der Waals surface area contributed by atoms with Gasteiger partial charge in [0, 0.05) is 11.6 Å². The molecule has 0 saturated heterocycles. The summed E-state index contributed by atoms with van der Waals surface area (Å²) in [4.78, 5) is 11.0. The van der Waals surface area contributed by atoms with Gasteiger partial charge in [-0.05, 0) is 12.1 Å². The molecule has 0 fully saturated rings. The van der Waals surface area contributed by atoms with Crippen molar-refractivity contribution in [2.75, 3.05) is 25.9 Å². The van der Waals surface area contributed by atoms with Gasteiger partial charge in [-0.15, -0.1) is 0 Å². The fraction of sp³-hybridized carbons (Fsp3) is 0.364. The summed E-state index contributed by atoms with van der Waals surface area (Å²) in [6.45, 7) is 1.23. The van der Waals surface area contributed by atoms with Gasteiger partial charge in [0.25, 0.3) is 0 Å². The molecule has 0 spiro atoms. The van der Waals surface area contributed by atoms with E-state index in [0.29, 0.717) is 0 Å². The summed E-state index contributed by atoms with van der Waals surface area (Å²) in [5.41, 5.74) is 5.60. The van der Waals surface area contributed by atoms with Crippen molar-refractivity contribution in [3.05, 3.63) is 22.2 Å². The maximum absolute atomic E-state index is 12.5. The number of anilines is 1. The molecule has 6 nitrogen and oxygen atoms in total. The number of ether oxygens (including phenoxy) is 1. The lowest BCUT2D eigenvalue weighted by atomic mass is 10.3. The number of rotatable bonds is 5. The Morgan fingerprint density at radius 2 is 2.00 bits per heavy atom. The van der Waals surface area contributed by atoms with E-state index in [1.807, 2.05) is 0 Å². The van der Waals surface area contributed by atoms with E-state index in [1.54, 1.807) is 6.92 Å². The van der Waals surface area contributed by atoms with Crippen molar-refractivity contribution >= 4 is 44.9 Å². The van der Waals surface area contributed by atoms with Crippen molar-refractivity contribution in [1.29, 1.82) is 0 Å². The van der Waals surface area contributed by atoms with E-state index in [-0.39, 0.29) is 27.2 Å². The second-order valence-electron chi connectivity index (χ2n) is 3.81. The average Bonchev–Trinajstić information content (AvgIpc) is 2.33. The van der Waals surface area contributed by atoms with E-state index >= 15 is 0 Å². The van der Waals surface area contributed by atoms with Crippen LogP contribution in [0.15, 0.2) is 17.0 Å². The minimum atomic E-state index is -4.02. The maximum Gasteiger partial charge on any atom is 0.321 e. The predicted octanol–water partition coefficient (Wildman–Crippen LogP) is 1.76. The zero-order chi connectivity index (χ0) is 15.5. The summed E-state index contributed by atoms with van der Waals surface area (Å²) in [7, 11) is -2.84. The number of nitrogen functional groups attached to an aromatic ring is 1. The summed E-state index contributed by atoms with van der Waals surface area (Å²) in [6.07, 6.45) is 0. The second-order valence-corrected chi connectivity index (χ2v) is 6.53. The third-order valence-electron chi connectivity index (χ3n) is 2.52. The van der Waals surface area contributed by atoms with Crippen molar-refractivity contribution < 1.29 is 17.9 Å². The van der Waals surface area contributed by atoms with Crippen molar-refractivity contribution in [2.24, 2.45) is 0 Å². The molecule has 20 heavy (non-hydrogen) atoms. The van der Waals surface area contributed by atoms with Crippen LogP contribution in [0, 0.1) is 0 Å². The number of carbonyl (C=O) groups excluding carboxylic acids is 1. The molecular formula is C11H14Cl2N2O4S. The van der Waals surface area contributed by atoms with E-state index < -0.39 is 22.5 Å². The Kier molecular flexibility index (Phi) is 5.64. The van der Waals surface area contributed by atoms with E-state index in [0.717, 1.165) is 4.31 Å². The number of benzene rings is 1. The lowest BCUT2D eigenvalue weighted by Gasteiger charge is -2.21. The van der Waals surface area contributed by atoms with Crippen LogP contribution < -0.4 is 5.73 Å². The Hall–Kier alpha value is -1.02. The number of likely N-dealkylation sites (N-methyl/N-ethyl adjacent to an activating group) is 1. The first-order chi connectivity index (χ1) is 9.23. The van der Waals surface area contributed by atoms with Crippen LogP contribution in [0.2, 0.25) is 10.0 Å². The van der Waals surface area contributed by atoms with Crippen LogP contribution >= 0.6 is 23.2 Å². The average molecular weight is 341 g/mol. The molecule has 0 amide bonds. The number of nitrogens with two attached hydrogens (primary N) is 1. The Bertz CT molecular complexity index is 596. The van der Waals surface area contributed by atoms with Gasteiger partial charge < -0.3 is 10.5 Å². The van der Waals surface area contributed by atoms with Gasteiger partial charge in [-0.1, -0.05) is 30.1 Å². The number of sulfonamides is 1. The quantitative estimate of drug-likeness (QED) is 0.651. The highest BCUT2D eigenvalue weighted by Crippen LogP contribution is 2.33. The molecule has 112 valence electrons. The van der Waals surface area contributed by atoms with Gasteiger partial charge in [0.1, 0.15) is 11.4 Å². The summed E-state index contributed by atoms with van der Waals surface area (Å²) < 4.78 is 30.3. The molecule has 0 aliphatic carbocycles. The maximum atomic E-state index is 12.5. The highest BCUT2D eigenvalue weighted by molar-refractivity contribution is 7.89. The number of esters is 1. The minimum Gasteiger partial charge on any atom is -0.468 e. The first-order valence-corrected chi connectivity index (χ1v) is 7.75. The van der Waals surface area contributed by atoms with Gasteiger partial charge in [-0.2, -0.15) is 4.31 Å². The van der Waals surface area contributed by atoms with Crippen molar-refractivity contribution in [3.8, 4) is 0 Å². The molecule has 0 aliphatic heterocycles. The van der Waals surface area contributed by atoms with E-state index in [1.165, 1.54) is 19.2 Å². The van der Waals surface area contributed by atoms with E-state index in [2.05, 4.69) is 4.74 Å². The number of hydrogen-bond donors (Lipinski definition) is 1. The molecule has 0 unspecified atom stereocenters. The normalized spacial score (nSPS) is 11.7. The number of carbonyl (C=O) groups is 1. The summed E-state index contributed by atoms with van der Waals surface area (Å²) in [6, 6.07) is 2.56. The molecule has 0 aromatic heterocycles. The van der Waals surface area contributed by atoms with E-state index in [9.17, 15) is 13.2 Å². The van der Waals surface area contributed by atoms with Crippen molar-refractivity contribution in [2.45, 2.75) is 11.8 Å². The number of methoxy groups -OCH3 is 1. The molecule has 1 aromatic carbocycles. The molecule has 1 rings (SSSR count). The molecule has 0 radical (unpaired) electrons. The predicted molar refractivity (Wildman–Crippen MR) is 77.3 cm³/mol. The molecular weight excluding hydrogens is 327 g/mol. The fourth-order valence-corrected chi connectivity index (χ4v) is 3.89. The lowest BCUT2D eigenvalue weighted by Crippen LogP contribution is -2.36. The first-order valence-electron chi connectivity index (χ1n) is 5.55. The molecule has 0 bridgehead atoms. The summed E-state index contributed by atoms with van der Waals surface area (Å²) >= 11 is 11.6. The molecule has 0 atom stereocenters. The van der Waals surface area contributed by atoms with Gasteiger partial charge in [-0.25, -0.2) is 8.42 Å². The monoisotopic (exact) mass is 340 g/mol. The van der Waals surface area contributed by atoms with Gasteiger partial charge in [0.15, 0.2) is 0 Å². The van der Waals surface area contributed by atoms with Crippen LogP contribution in [0.1, 0.15) is 6.92 Å². The second kappa shape index (κ2) is 6.62. The molecule has 0 saturated carbocycles. The highest BCUT2D eigenvalue weighted by atomic mass is 35.5. The zero-order valence-electron chi connectivity index (χ0n) is 10.9. The van der Waals surface area contributed by atoms with Crippen molar-refractivity contribution in [1.82, 2.24) is 4.31 Å². The van der Waals surface area contributed by atoms with E-state index in [4.69, 9.17) is 28.9 Å². The Balaban J connectivity index is 3.31. The largest absolute Gasteiger partial charge is 0.468 e. The lowest BCUT2D eigenvalue weighted by molar-refractivity contribution is -0.140. The minimum absolute atomic E-state index is 0.0653. The van der Waals surface area contributed by atoms with Crippen LogP contribution in [0.3, 0.4) is 0 Å². The third kappa shape index (κ3) is 3.54. The first kappa shape index (κ1) is 17.0. The van der Waals surface area contributed by atoms with Crippen LogP contribution in [-0.4, -0.2) is 38.9 Å². The Labute approximate surface area is 127 Å². The highest BCUT2D eigenvalue weighted by Gasteiger charge is 2.30. The molecule has 2 N–H and O–H groups in total. The standard InChI is InChI=1S/C11H14Cl2N2O4S/c1-3-15(6-10(16)19-2)20(17,18)11-8(13)4-7(12)5-9(11)14/h4-5H,3,6,14H2,1-2H3. The number of hydrogen-bond acceptors (Lipinski definition) is 5. The van der Waals surface area contributed by atoms with Gasteiger partial charge in [0.2, 0.25) is 10.0 Å². The van der Waals surface area contributed by atoms with Crippen LogP contribution in [0.4, 0.5) is 5.69 Å². The van der Waals surface area contributed by atoms with Gasteiger partial charge >= 0.3 is 5.97 Å². The SMILES string of the molecule is CCN(CC(=O)OC)S(=O)(=O)c1c(N)cc(Cl)cc1Cl. The topological polar surface area (TPSA) is 89.7 Å². The van der Waals surface area contributed by atoms with Gasteiger partial charge in [0.05, 0.1) is 17.8 Å². The van der Waals surface area contributed by atoms with Crippen molar-refractivity contribution in [3.63, 3.8) is 0 Å². The molecule has 1 aromatic rings. The zero-order valence-corrected chi connectivity index (χ0v) is 13.2. The Morgan fingerprint density at radius 1 is 1.40 bits per heavy atom. The van der Waals surface area contributed by atoms with Gasteiger partial charge in [-0.3, -0.25) is 4.79 Å².